The lowest BCUT2D eigenvalue weighted by Crippen LogP contribution is -2.39. The van der Waals surface area contributed by atoms with Gasteiger partial charge >= 0.3 is 0 Å². The SMILES string of the molecule is Cc1ccc(NS(C)(=O)=O)c(C(=O)N2CCCC[C@H]2c2cc3nc(N(C)C)cc(N4CCOCC4)n3n2)c1. The number of amides is 1. The fourth-order valence-corrected chi connectivity index (χ4v) is 5.71. The molecule has 1 aromatic carbocycles. The molecule has 11 nitrogen and oxygen atoms in total. The van der Waals surface area contributed by atoms with E-state index in [1.165, 1.54) is 0 Å². The van der Waals surface area contributed by atoms with Crippen molar-refractivity contribution < 1.29 is 17.9 Å². The van der Waals surface area contributed by atoms with Crippen LogP contribution in [0.15, 0.2) is 30.3 Å². The molecule has 1 N–H and O–H groups in total. The van der Waals surface area contributed by atoms with Crippen LogP contribution in [-0.2, 0) is 14.8 Å². The Morgan fingerprint density at radius 2 is 1.87 bits per heavy atom. The zero-order valence-corrected chi connectivity index (χ0v) is 23.2. The minimum atomic E-state index is -3.55. The number of piperidine rings is 1. The molecule has 0 bridgehead atoms. The molecule has 2 aromatic heterocycles. The standard InChI is InChI=1S/C26H35N7O4S/c1-18-8-9-20(29-38(4,35)36)19(15-18)26(34)32-10-6-5-7-22(32)21-16-24-27-23(30(2)3)17-25(33(24)28-21)31-11-13-37-14-12-31/h8-9,15-17,22,29H,5-7,10-14H2,1-4H3/t22-/m0/s1. The molecule has 0 aliphatic carbocycles. The van der Waals surface area contributed by atoms with E-state index in [1.54, 1.807) is 18.2 Å². The van der Waals surface area contributed by atoms with Crippen LogP contribution in [0.4, 0.5) is 17.3 Å². The van der Waals surface area contributed by atoms with Gasteiger partial charge < -0.3 is 19.4 Å². The highest BCUT2D eigenvalue weighted by Gasteiger charge is 2.32. The summed E-state index contributed by atoms with van der Waals surface area (Å²) in [5.41, 5.74) is 3.01. The van der Waals surface area contributed by atoms with Crippen molar-refractivity contribution in [2.75, 3.05) is 67.7 Å². The van der Waals surface area contributed by atoms with Gasteiger partial charge in [0.15, 0.2) is 5.65 Å². The largest absolute Gasteiger partial charge is 0.378 e. The summed E-state index contributed by atoms with van der Waals surface area (Å²) in [6.45, 7) is 5.28. The number of morpholine rings is 1. The van der Waals surface area contributed by atoms with Crippen molar-refractivity contribution in [3.8, 4) is 0 Å². The number of nitrogens with one attached hydrogen (secondary N) is 1. The molecule has 2 saturated heterocycles. The number of hydrogen-bond donors (Lipinski definition) is 1. The number of benzene rings is 1. The molecule has 2 fully saturated rings. The van der Waals surface area contributed by atoms with Gasteiger partial charge in [-0.1, -0.05) is 11.6 Å². The van der Waals surface area contributed by atoms with Gasteiger partial charge in [-0.05, 0) is 38.3 Å². The lowest BCUT2D eigenvalue weighted by molar-refractivity contribution is 0.0606. The number of carbonyl (C=O) groups excluding carboxylic acids is 1. The molecule has 1 atom stereocenters. The van der Waals surface area contributed by atoms with Gasteiger partial charge in [0.25, 0.3) is 5.91 Å². The number of hydrogen-bond acceptors (Lipinski definition) is 8. The van der Waals surface area contributed by atoms with Crippen LogP contribution in [0.1, 0.15) is 46.9 Å². The molecule has 12 heteroatoms. The fraction of sp³-hybridized carbons (Fsp3) is 0.500. The highest BCUT2D eigenvalue weighted by atomic mass is 32.2. The van der Waals surface area contributed by atoms with Gasteiger partial charge in [0, 0.05) is 45.9 Å². The van der Waals surface area contributed by atoms with Crippen molar-refractivity contribution in [2.24, 2.45) is 0 Å². The van der Waals surface area contributed by atoms with E-state index >= 15 is 0 Å². The molecule has 38 heavy (non-hydrogen) atoms. The average molecular weight is 542 g/mol. The summed E-state index contributed by atoms with van der Waals surface area (Å²) in [6.07, 6.45) is 3.70. The van der Waals surface area contributed by atoms with Crippen LogP contribution in [0.5, 0.6) is 0 Å². The number of sulfonamides is 1. The second kappa shape index (κ2) is 10.4. The van der Waals surface area contributed by atoms with Crippen molar-refractivity contribution in [3.05, 3.63) is 47.2 Å². The fourth-order valence-electron chi connectivity index (χ4n) is 5.13. The van der Waals surface area contributed by atoms with Crippen molar-refractivity contribution in [2.45, 2.75) is 32.2 Å². The smallest absolute Gasteiger partial charge is 0.256 e. The number of carbonyl (C=O) groups is 1. The van der Waals surface area contributed by atoms with Crippen LogP contribution in [0.3, 0.4) is 0 Å². The molecular formula is C26H35N7O4S. The molecule has 2 aliphatic heterocycles. The Kier molecular flexibility index (Phi) is 7.19. The zero-order chi connectivity index (χ0) is 27.0. The van der Waals surface area contributed by atoms with E-state index < -0.39 is 10.0 Å². The maximum atomic E-state index is 13.9. The number of ether oxygens (including phenoxy) is 1. The normalized spacial score (nSPS) is 18.6. The van der Waals surface area contributed by atoms with Crippen molar-refractivity contribution in [3.63, 3.8) is 0 Å². The van der Waals surface area contributed by atoms with Crippen molar-refractivity contribution >= 4 is 38.9 Å². The predicted molar refractivity (Wildman–Crippen MR) is 148 cm³/mol. The van der Waals surface area contributed by atoms with E-state index in [-0.39, 0.29) is 17.6 Å². The number of fused-ring (bicyclic) bond motifs is 1. The summed E-state index contributed by atoms with van der Waals surface area (Å²) in [4.78, 5) is 24.8. The Labute approximate surface area is 223 Å². The molecule has 3 aromatic rings. The molecule has 0 radical (unpaired) electrons. The summed E-state index contributed by atoms with van der Waals surface area (Å²) >= 11 is 0. The number of rotatable bonds is 6. The highest BCUT2D eigenvalue weighted by molar-refractivity contribution is 7.92. The van der Waals surface area contributed by atoms with Crippen LogP contribution >= 0.6 is 0 Å². The first kappa shape index (κ1) is 26.2. The lowest BCUT2D eigenvalue weighted by Gasteiger charge is -2.35. The summed E-state index contributed by atoms with van der Waals surface area (Å²) in [5.74, 6) is 1.57. The first-order valence-electron chi connectivity index (χ1n) is 12.9. The highest BCUT2D eigenvalue weighted by Crippen LogP contribution is 2.34. The van der Waals surface area contributed by atoms with E-state index in [9.17, 15) is 13.2 Å². The molecule has 2 aliphatic rings. The monoisotopic (exact) mass is 541 g/mol. The first-order chi connectivity index (χ1) is 18.1. The molecule has 5 rings (SSSR count). The Balaban J connectivity index is 1.55. The number of aromatic nitrogens is 3. The third-order valence-electron chi connectivity index (χ3n) is 7.01. The van der Waals surface area contributed by atoms with Crippen molar-refractivity contribution in [1.82, 2.24) is 19.5 Å². The van der Waals surface area contributed by atoms with Crippen LogP contribution < -0.4 is 14.5 Å². The average Bonchev–Trinajstić information content (AvgIpc) is 3.32. The predicted octanol–water partition coefficient (Wildman–Crippen LogP) is 2.68. The maximum absolute atomic E-state index is 13.9. The quantitative estimate of drug-likeness (QED) is 0.507. The van der Waals surface area contributed by atoms with Crippen LogP contribution in [0.2, 0.25) is 0 Å². The maximum Gasteiger partial charge on any atom is 0.256 e. The van der Waals surface area contributed by atoms with Crippen LogP contribution in [0, 0.1) is 6.92 Å². The molecule has 4 heterocycles. The number of nitrogens with zero attached hydrogens (tertiary/aromatic N) is 6. The van der Waals surface area contributed by atoms with E-state index in [0.29, 0.717) is 25.3 Å². The Morgan fingerprint density at radius 3 is 2.58 bits per heavy atom. The van der Waals surface area contributed by atoms with Gasteiger partial charge in [0.1, 0.15) is 11.6 Å². The van der Waals surface area contributed by atoms with E-state index in [1.807, 2.05) is 47.5 Å². The Bertz CT molecular complexity index is 1450. The molecule has 0 spiro atoms. The molecule has 0 saturated carbocycles. The summed E-state index contributed by atoms with van der Waals surface area (Å²) in [7, 11) is 0.377. The van der Waals surface area contributed by atoms with E-state index in [2.05, 4.69) is 9.62 Å². The second-order valence-corrected chi connectivity index (χ2v) is 12.0. The minimum absolute atomic E-state index is 0.211. The Hall–Kier alpha value is -3.38. The third kappa shape index (κ3) is 5.41. The molecule has 204 valence electrons. The van der Waals surface area contributed by atoms with Gasteiger partial charge in [0.05, 0.1) is 42.5 Å². The third-order valence-corrected chi connectivity index (χ3v) is 7.60. The van der Waals surface area contributed by atoms with E-state index in [4.69, 9.17) is 14.8 Å². The zero-order valence-electron chi connectivity index (χ0n) is 22.3. The van der Waals surface area contributed by atoms with Crippen molar-refractivity contribution in [1.29, 1.82) is 0 Å². The summed E-state index contributed by atoms with van der Waals surface area (Å²) in [5, 5.41) is 4.99. The number of anilines is 3. The lowest BCUT2D eigenvalue weighted by atomic mass is 9.97. The molecule has 1 amide bonds. The van der Waals surface area contributed by atoms with Gasteiger partial charge in [-0.3, -0.25) is 9.52 Å². The van der Waals surface area contributed by atoms with Gasteiger partial charge in [0.2, 0.25) is 10.0 Å². The Morgan fingerprint density at radius 1 is 1.11 bits per heavy atom. The van der Waals surface area contributed by atoms with Gasteiger partial charge in [-0.25, -0.2) is 13.4 Å². The summed E-state index contributed by atoms with van der Waals surface area (Å²) < 4.78 is 33.9. The van der Waals surface area contributed by atoms with Gasteiger partial charge in [-0.15, -0.1) is 0 Å². The number of aryl methyl sites for hydroxylation is 1. The second-order valence-electron chi connectivity index (χ2n) is 10.2. The minimum Gasteiger partial charge on any atom is -0.378 e. The molecule has 0 unspecified atom stereocenters. The molecular weight excluding hydrogens is 506 g/mol. The first-order valence-corrected chi connectivity index (χ1v) is 14.8. The number of likely N-dealkylation sites (tertiary alicyclic amines) is 1. The van der Waals surface area contributed by atoms with E-state index in [0.717, 1.165) is 67.1 Å². The van der Waals surface area contributed by atoms with Crippen LogP contribution in [-0.4, -0.2) is 87.0 Å². The topological polar surface area (TPSA) is 112 Å². The van der Waals surface area contributed by atoms with Crippen LogP contribution in [0.25, 0.3) is 5.65 Å². The van der Waals surface area contributed by atoms with Gasteiger partial charge in [-0.2, -0.15) is 9.61 Å². The summed E-state index contributed by atoms with van der Waals surface area (Å²) in [6, 6.07) is 8.95.